The number of carboxylic acids is 1. The van der Waals surface area contributed by atoms with Crippen molar-refractivity contribution in [2.75, 3.05) is 19.6 Å². The monoisotopic (exact) mass is 237 g/mol. The quantitative estimate of drug-likeness (QED) is 0.770. The van der Waals surface area contributed by atoms with E-state index in [1.54, 1.807) is 0 Å². The minimum absolute atomic E-state index is 0.254. The summed E-state index contributed by atoms with van der Waals surface area (Å²) in [5.74, 6) is 2.82. The summed E-state index contributed by atoms with van der Waals surface area (Å²) in [7, 11) is 0. The molecule has 0 saturated heterocycles. The van der Waals surface area contributed by atoms with Crippen LogP contribution >= 0.6 is 0 Å². The molecular weight excluding hydrogens is 214 g/mol. The van der Waals surface area contributed by atoms with Gasteiger partial charge in [-0.05, 0) is 55.8 Å². The van der Waals surface area contributed by atoms with Gasteiger partial charge >= 0.3 is 5.97 Å². The number of rotatable bonds is 6. The van der Waals surface area contributed by atoms with Crippen LogP contribution < -0.4 is 0 Å². The fourth-order valence-electron chi connectivity index (χ4n) is 3.99. The maximum Gasteiger partial charge on any atom is 0.317 e. The average Bonchev–Trinajstić information content (AvgIpc) is 2.84. The Kier molecular flexibility index (Phi) is 3.12. The van der Waals surface area contributed by atoms with E-state index in [4.69, 9.17) is 5.11 Å². The van der Waals surface area contributed by atoms with E-state index in [-0.39, 0.29) is 6.54 Å². The van der Waals surface area contributed by atoms with E-state index in [1.165, 1.54) is 38.5 Å². The summed E-state index contributed by atoms with van der Waals surface area (Å²) < 4.78 is 0. The van der Waals surface area contributed by atoms with Crippen LogP contribution in [0.4, 0.5) is 0 Å². The molecule has 3 aliphatic rings. The van der Waals surface area contributed by atoms with Crippen molar-refractivity contribution in [1.82, 2.24) is 4.90 Å². The highest BCUT2D eigenvalue weighted by atomic mass is 16.4. The molecule has 3 saturated carbocycles. The van der Waals surface area contributed by atoms with Crippen molar-refractivity contribution in [2.45, 2.75) is 38.5 Å². The molecule has 3 fully saturated rings. The molecule has 3 heteroatoms. The fraction of sp³-hybridized carbons (Fsp3) is 0.929. The van der Waals surface area contributed by atoms with Crippen LogP contribution in [0.5, 0.6) is 0 Å². The molecule has 0 heterocycles. The van der Waals surface area contributed by atoms with E-state index in [0.29, 0.717) is 0 Å². The van der Waals surface area contributed by atoms with Gasteiger partial charge in [-0.25, -0.2) is 0 Å². The number of fused-ring (bicyclic) bond motifs is 2. The van der Waals surface area contributed by atoms with Crippen LogP contribution in [-0.4, -0.2) is 35.6 Å². The Morgan fingerprint density at radius 3 is 2.47 bits per heavy atom. The number of nitrogens with zero attached hydrogens (tertiary/aromatic N) is 1. The second-order valence-corrected chi connectivity index (χ2v) is 6.47. The number of carboxylic acid groups (broad SMARTS) is 1. The summed E-state index contributed by atoms with van der Waals surface area (Å²) in [6.07, 6.45) is 8.25. The van der Waals surface area contributed by atoms with Gasteiger partial charge in [0, 0.05) is 13.1 Å². The maximum atomic E-state index is 10.9. The summed E-state index contributed by atoms with van der Waals surface area (Å²) in [4.78, 5) is 13.1. The lowest BCUT2D eigenvalue weighted by Gasteiger charge is -2.28. The number of hydrogen-bond donors (Lipinski definition) is 1. The van der Waals surface area contributed by atoms with E-state index in [1.807, 2.05) is 0 Å². The van der Waals surface area contributed by atoms with Gasteiger partial charge in [-0.3, -0.25) is 9.69 Å². The van der Waals surface area contributed by atoms with Gasteiger partial charge < -0.3 is 5.11 Å². The van der Waals surface area contributed by atoms with Crippen molar-refractivity contribution in [3.05, 3.63) is 0 Å². The lowest BCUT2D eigenvalue weighted by molar-refractivity contribution is -0.138. The lowest BCUT2D eigenvalue weighted by atomic mass is 9.88. The van der Waals surface area contributed by atoms with Crippen molar-refractivity contribution < 1.29 is 9.90 Å². The molecule has 0 aromatic heterocycles. The third kappa shape index (κ3) is 2.82. The van der Waals surface area contributed by atoms with E-state index < -0.39 is 5.97 Å². The molecule has 1 N–H and O–H groups in total. The first-order chi connectivity index (χ1) is 8.20. The Bertz CT molecular complexity index is 301. The summed E-state index contributed by atoms with van der Waals surface area (Å²) >= 11 is 0. The van der Waals surface area contributed by atoms with Gasteiger partial charge in [-0.1, -0.05) is 6.42 Å². The molecular formula is C14H23NO2. The fourth-order valence-corrected chi connectivity index (χ4v) is 3.99. The van der Waals surface area contributed by atoms with Crippen LogP contribution in [0, 0.1) is 23.7 Å². The Morgan fingerprint density at radius 2 is 1.94 bits per heavy atom. The summed E-state index contributed by atoms with van der Waals surface area (Å²) in [5, 5.41) is 8.98. The first-order valence-electron chi connectivity index (χ1n) is 7.15. The van der Waals surface area contributed by atoms with E-state index in [9.17, 15) is 4.79 Å². The second kappa shape index (κ2) is 4.60. The van der Waals surface area contributed by atoms with Gasteiger partial charge in [0.2, 0.25) is 0 Å². The van der Waals surface area contributed by atoms with Crippen molar-refractivity contribution in [3.63, 3.8) is 0 Å². The molecule has 3 aliphatic carbocycles. The predicted octanol–water partition coefficient (Wildman–Crippen LogP) is 2.22. The predicted molar refractivity (Wildman–Crippen MR) is 65.7 cm³/mol. The molecule has 0 aliphatic heterocycles. The largest absolute Gasteiger partial charge is 0.480 e. The smallest absolute Gasteiger partial charge is 0.317 e. The van der Waals surface area contributed by atoms with Crippen LogP contribution in [0.15, 0.2) is 0 Å². The van der Waals surface area contributed by atoms with Crippen molar-refractivity contribution in [1.29, 1.82) is 0 Å². The van der Waals surface area contributed by atoms with Crippen LogP contribution in [0.1, 0.15) is 38.5 Å². The Morgan fingerprint density at radius 1 is 1.12 bits per heavy atom. The molecule has 3 rings (SSSR count). The van der Waals surface area contributed by atoms with E-state index in [2.05, 4.69) is 4.90 Å². The van der Waals surface area contributed by atoms with Gasteiger partial charge in [0.05, 0.1) is 6.54 Å². The highest BCUT2D eigenvalue weighted by Gasteiger charge is 2.40. The van der Waals surface area contributed by atoms with Crippen molar-refractivity contribution in [3.8, 4) is 0 Å². The standard InChI is InChI=1S/C14H23NO2/c16-14(17)9-15(7-10-1-2-10)8-13-6-11-3-4-12(13)5-11/h10-13H,1-9H2,(H,16,17). The van der Waals surface area contributed by atoms with Crippen LogP contribution in [0.2, 0.25) is 0 Å². The summed E-state index contributed by atoms with van der Waals surface area (Å²) in [5.41, 5.74) is 0. The molecule has 3 unspecified atom stereocenters. The number of aliphatic carboxylic acids is 1. The zero-order valence-electron chi connectivity index (χ0n) is 10.5. The van der Waals surface area contributed by atoms with Crippen LogP contribution in [0.3, 0.4) is 0 Å². The molecule has 2 bridgehead atoms. The molecule has 0 amide bonds. The summed E-state index contributed by atoms with van der Waals surface area (Å²) in [6.45, 7) is 2.33. The molecule has 0 aromatic rings. The van der Waals surface area contributed by atoms with Crippen LogP contribution in [0.25, 0.3) is 0 Å². The summed E-state index contributed by atoms with van der Waals surface area (Å²) in [6, 6.07) is 0. The average molecular weight is 237 g/mol. The zero-order chi connectivity index (χ0) is 11.8. The second-order valence-electron chi connectivity index (χ2n) is 6.47. The van der Waals surface area contributed by atoms with E-state index in [0.717, 1.165) is 36.8 Å². The molecule has 96 valence electrons. The molecule has 0 radical (unpaired) electrons. The molecule has 3 atom stereocenters. The highest BCUT2D eigenvalue weighted by Crippen LogP contribution is 2.48. The molecule has 0 aromatic carbocycles. The van der Waals surface area contributed by atoms with Gasteiger partial charge in [-0.2, -0.15) is 0 Å². The van der Waals surface area contributed by atoms with Crippen LogP contribution in [-0.2, 0) is 4.79 Å². The number of carbonyl (C=O) groups is 1. The van der Waals surface area contributed by atoms with Gasteiger partial charge in [0.1, 0.15) is 0 Å². The zero-order valence-corrected chi connectivity index (χ0v) is 10.5. The minimum atomic E-state index is -0.659. The van der Waals surface area contributed by atoms with Gasteiger partial charge in [0.15, 0.2) is 0 Å². The Labute approximate surface area is 103 Å². The van der Waals surface area contributed by atoms with Gasteiger partial charge in [0.25, 0.3) is 0 Å². The highest BCUT2D eigenvalue weighted by molar-refractivity contribution is 5.69. The third-order valence-electron chi connectivity index (χ3n) is 4.95. The molecule has 0 spiro atoms. The first kappa shape index (κ1) is 11.5. The van der Waals surface area contributed by atoms with Crippen molar-refractivity contribution in [2.24, 2.45) is 23.7 Å². The SMILES string of the molecule is O=C(O)CN(CC1CC1)CC1CC2CCC1C2. The molecule has 17 heavy (non-hydrogen) atoms. The van der Waals surface area contributed by atoms with Crippen molar-refractivity contribution >= 4 is 5.97 Å². The number of hydrogen-bond acceptors (Lipinski definition) is 2. The minimum Gasteiger partial charge on any atom is -0.480 e. The first-order valence-corrected chi connectivity index (χ1v) is 7.15. The molecule has 3 nitrogen and oxygen atoms in total. The Hall–Kier alpha value is -0.570. The Balaban J connectivity index is 1.53. The normalized spacial score (nSPS) is 35.7. The maximum absolute atomic E-state index is 10.9. The topological polar surface area (TPSA) is 40.5 Å². The third-order valence-corrected chi connectivity index (χ3v) is 4.95. The lowest BCUT2D eigenvalue weighted by Crippen LogP contribution is -2.37. The van der Waals surface area contributed by atoms with Gasteiger partial charge in [-0.15, -0.1) is 0 Å². The van der Waals surface area contributed by atoms with E-state index >= 15 is 0 Å².